The number of hydrogen-bond donors (Lipinski definition) is 1. The number of nitrogens with zero attached hydrogens (tertiary/aromatic N) is 3. The van der Waals surface area contributed by atoms with Crippen molar-refractivity contribution in [2.45, 2.75) is 44.5 Å². The van der Waals surface area contributed by atoms with Crippen molar-refractivity contribution in [2.75, 3.05) is 39.1 Å². The van der Waals surface area contributed by atoms with E-state index in [9.17, 15) is 14.4 Å². The fourth-order valence-corrected chi connectivity index (χ4v) is 4.96. The number of benzene rings is 1. The fraction of sp³-hybridized carbons (Fsp3) is 0.591. The van der Waals surface area contributed by atoms with Gasteiger partial charge in [0.05, 0.1) is 31.7 Å². The van der Waals surface area contributed by atoms with Crippen LogP contribution in [0.2, 0.25) is 0 Å². The molecule has 1 N–H and O–H groups in total. The quantitative estimate of drug-likeness (QED) is 0.787. The minimum absolute atomic E-state index is 0.0719. The third kappa shape index (κ3) is 3.37. The van der Waals surface area contributed by atoms with Gasteiger partial charge in [-0.25, -0.2) is 0 Å². The van der Waals surface area contributed by atoms with Crippen molar-refractivity contribution in [3.8, 4) is 0 Å². The second-order valence-electron chi connectivity index (χ2n) is 9.06. The molecule has 3 heterocycles. The molecule has 8 heteroatoms. The fourth-order valence-electron chi connectivity index (χ4n) is 4.96. The maximum Gasteiger partial charge on any atom is 0.254 e. The summed E-state index contributed by atoms with van der Waals surface area (Å²) in [6, 6.07) is 6.74. The van der Waals surface area contributed by atoms with E-state index in [0.717, 1.165) is 0 Å². The topological polar surface area (TPSA) is 82.2 Å². The Balaban J connectivity index is 1.48. The molecule has 0 radical (unpaired) electrons. The molecule has 1 spiro atoms. The van der Waals surface area contributed by atoms with Crippen molar-refractivity contribution in [2.24, 2.45) is 5.92 Å². The Kier molecular flexibility index (Phi) is 5.32. The molecule has 30 heavy (non-hydrogen) atoms. The molecule has 0 bridgehead atoms. The molecule has 1 aromatic rings. The number of amides is 3. The van der Waals surface area contributed by atoms with Crippen LogP contribution in [-0.4, -0.2) is 84.0 Å². The minimum atomic E-state index is -0.665. The number of hydrogen-bond acceptors (Lipinski definition) is 5. The van der Waals surface area contributed by atoms with Gasteiger partial charge in [-0.15, -0.1) is 0 Å². The zero-order chi connectivity index (χ0) is 21.6. The first-order valence-corrected chi connectivity index (χ1v) is 10.5. The lowest BCUT2D eigenvalue weighted by molar-refractivity contribution is -0.139. The first-order chi connectivity index (χ1) is 14.2. The van der Waals surface area contributed by atoms with Gasteiger partial charge >= 0.3 is 0 Å². The summed E-state index contributed by atoms with van der Waals surface area (Å²) in [5, 5.41) is 2.82. The average Bonchev–Trinajstić information content (AvgIpc) is 3.30. The molecule has 3 aliphatic heterocycles. The summed E-state index contributed by atoms with van der Waals surface area (Å²) >= 11 is 0. The predicted octanol–water partition coefficient (Wildman–Crippen LogP) is 1.38. The third-order valence-corrected chi connectivity index (χ3v) is 6.39. The molecule has 4 rings (SSSR count). The summed E-state index contributed by atoms with van der Waals surface area (Å²) < 4.78 is 6.20. The van der Waals surface area contributed by atoms with E-state index in [-0.39, 0.29) is 29.8 Å². The average molecular weight is 415 g/mol. The van der Waals surface area contributed by atoms with Crippen LogP contribution < -0.4 is 5.32 Å². The molecule has 0 unspecified atom stereocenters. The highest BCUT2D eigenvalue weighted by Gasteiger charge is 2.65. The number of carbonyl (C=O) groups excluding carboxylic acids is 3. The molecule has 0 aromatic heterocycles. The number of likely N-dealkylation sites (N-methyl/N-ethyl adjacent to an activating group) is 1. The van der Waals surface area contributed by atoms with E-state index >= 15 is 0 Å². The van der Waals surface area contributed by atoms with Gasteiger partial charge in [0.1, 0.15) is 0 Å². The third-order valence-electron chi connectivity index (χ3n) is 6.39. The number of anilines is 1. The van der Waals surface area contributed by atoms with Crippen LogP contribution in [0, 0.1) is 5.92 Å². The van der Waals surface area contributed by atoms with Gasteiger partial charge in [0.25, 0.3) is 5.91 Å². The zero-order valence-electron chi connectivity index (χ0n) is 18.1. The molecule has 3 saturated heterocycles. The van der Waals surface area contributed by atoms with Crippen LogP contribution in [0.15, 0.2) is 24.3 Å². The molecular weight excluding hydrogens is 384 g/mol. The molecule has 0 aliphatic carbocycles. The van der Waals surface area contributed by atoms with E-state index in [0.29, 0.717) is 49.7 Å². The van der Waals surface area contributed by atoms with Crippen molar-refractivity contribution in [3.63, 3.8) is 0 Å². The highest BCUT2D eigenvalue weighted by molar-refractivity contribution is 5.97. The van der Waals surface area contributed by atoms with Crippen molar-refractivity contribution in [3.05, 3.63) is 29.8 Å². The lowest BCUT2D eigenvalue weighted by Gasteiger charge is -2.34. The summed E-state index contributed by atoms with van der Waals surface area (Å²) in [4.78, 5) is 43.4. The highest BCUT2D eigenvalue weighted by atomic mass is 16.5. The van der Waals surface area contributed by atoms with Crippen molar-refractivity contribution < 1.29 is 19.1 Å². The predicted molar refractivity (Wildman–Crippen MR) is 112 cm³/mol. The number of likely N-dealkylation sites (tertiary alicyclic amines) is 1. The van der Waals surface area contributed by atoms with Crippen LogP contribution in [0.25, 0.3) is 0 Å². The number of nitrogens with one attached hydrogen (secondary N) is 1. The summed E-state index contributed by atoms with van der Waals surface area (Å²) in [7, 11) is 3.66. The molecule has 0 saturated carbocycles. The Morgan fingerprint density at radius 2 is 1.97 bits per heavy atom. The van der Waals surface area contributed by atoms with Gasteiger partial charge in [0.2, 0.25) is 11.8 Å². The Morgan fingerprint density at radius 3 is 2.60 bits per heavy atom. The van der Waals surface area contributed by atoms with Gasteiger partial charge in [-0.1, -0.05) is 13.8 Å². The molecule has 3 fully saturated rings. The number of carbonyl (C=O) groups is 3. The maximum absolute atomic E-state index is 13.2. The van der Waals surface area contributed by atoms with Crippen LogP contribution in [0.5, 0.6) is 0 Å². The number of rotatable bonds is 5. The van der Waals surface area contributed by atoms with Crippen molar-refractivity contribution in [1.82, 2.24) is 14.7 Å². The van der Waals surface area contributed by atoms with Crippen LogP contribution in [-0.2, 0) is 14.3 Å². The van der Waals surface area contributed by atoms with Crippen LogP contribution in [0.4, 0.5) is 5.69 Å². The SMILES string of the molecule is CC(C)[C@@H]1CO[C@@]23CCN(C(=O)c4ccc(NC(=O)CN(C)C)cc4)[C@@H]2CC(=O)N13. The Hall–Kier alpha value is -2.45. The zero-order valence-corrected chi connectivity index (χ0v) is 18.1. The van der Waals surface area contributed by atoms with Crippen LogP contribution >= 0.6 is 0 Å². The van der Waals surface area contributed by atoms with E-state index in [1.54, 1.807) is 34.1 Å². The number of ether oxygens (including phenoxy) is 1. The molecule has 3 amide bonds. The van der Waals surface area contributed by atoms with E-state index in [4.69, 9.17) is 4.74 Å². The summed E-state index contributed by atoms with van der Waals surface area (Å²) in [6.45, 7) is 5.59. The molecular formula is C22H30N4O4. The van der Waals surface area contributed by atoms with E-state index in [1.165, 1.54) is 0 Å². The summed E-state index contributed by atoms with van der Waals surface area (Å²) in [5.41, 5.74) is 0.529. The Morgan fingerprint density at radius 1 is 1.27 bits per heavy atom. The molecule has 162 valence electrons. The molecule has 8 nitrogen and oxygen atoms in total. The van der Waals surface area contributed by atoms with Crippen molar-refractivity contribution >= 4 is 23.4 Å². The second-order valence-corrected chi connectivity index (χ2v) is 9.06. The largest absolute Gasteiger partial charge is 0.351 e. The molecule has 3 aliphatic rings. The van der Waals surface area contributed by atoms with E-state index in [1.807, 2.05) is 19.0 Å². The highest BCUT2D eigenvalue weighted by Crippen LogP contribution is 2.49. The Labute approximate surface area is 177 Å². The first kappa shape index (κ1) is 20.8. The van der Waals surface area contributed by atoms with Crippen LogP contribution in [0.1, 0.15) is 37.0 Å². The lowest BCUT2D eigenvalue weighted by Crippen LogP contribution is -2.51. The summed E-state index contributed by atoms with van der Waals surface area (Å²) in [6.07, 6.45) is 0.963. The van der Waals surface area contributed by atoms with E-state index < -0.39 is 5.72 Å². The smallest absolute Gasteiger partial charge is 0.254 e. The standard InChI is InChI=1S/C22H30N4O4/c1-14(2)17-13-30-22-9-10-25(18(22)11-20(28)26(17)22)21(29)15-5-7-16(8-6-15)23-19(27)12-24(3)4/h5-8,14,17-18H,9-13H2,1-4H3,(H,23,27)/t17-,18+,22-/m0/s1. The second kappa shape index (κ2) is 7.67. The van der Waals surface area contributed by atoms with Crippen molar-refractivity contribution in [1.29, 1.82) is 0 Å². The minimum Gasteiger partial charge on any atom is -0.351 e. The lowest BCUT2D eigenvalue weighted by atomic mass is 10.0. The maximum atomic E-state index is 13.2. The van der Waals surface area contributed by atoms with Gasteiger partial charge < -0.3 is 24.8 Å². The van der Waals surface area contributed by atoms with Gasteiger partial charge in [-0.05, 0) is 44.3 Å². The van der Waals surface area contributed by atoms with Gasteiger partial charge in [-0.2, -0.15) is 0 Å². The monoisotopic (exact) mass is 414 g/mol. The Bertz CT molecular complexity index is 853. The van der Waals surface area contributed by atoms with Gasteiger partial charge in [0.15, 0.2) is 5.72 Å². The van der Waals surface area contributed by atoms with Gasteiger partial charge in [-0.3, -0.25) is 14.4 Å². The summed E-state index contributed by atoms with van der Waals surface area (Å²) in [5.74, 6) is 0.178. The molecule has 1 aromatic carbocycles. The van der Waals surface area contributed by atoms with Gasteiger partial charge in [0, 0.05) is 24.2 Å². The molecule has 3 atom stereocenters. The first-order valence-electron chi connectivity index (χ1n) is 10.5. The van der Waals surface area contributed by atoms with E-state index in [2.05, 4.69) is 19.2 Å². The van der Waals surface area contributed by atoms with Crippen LogP contribution in [0.3, 0.4) is 0 Å². The normalized spacial score (nSPS) is 27.7.